The zero-order valence-corrected chi connectivity index (χ0v) is 8.41. The van der Waals surface area contributed by atoms with E-state index >= 15 is 0 Å². The van der Waals surface area contributed by atoms with Crippen LogP contribution < -0.4 is 4.74 Å². The molecule has 2 rings (SSSR count). The Morgan fingerprint density at radius 2 is 1.27 bits per heavy atom. The highest BCUT2D eigenvalue weighted by molar-refractivity contribution is 5.63. The lowest BCUT2D eigenvalue weighted by molar-refractivity contribution is 0.415. The largest absolute Gasteiger partial charge is 0.497 e. The maximum atomic E-state index is 12.7. The van der Waals surface area contributed by atoms with Gasteiger partial charge in [-0.05, 0) is 35.4 Å². The summed E-state index contributed by atoms with van der Waals surface area (Å²) in [6.45, 7) is 0. The second-order valence-corrected chi connectivity index (χ2v) is 3.24. The van der Waals surface area contributed by atoms with Crippen LogP contribution in [0.2, 0.25) is 0 Å². The van der Waals surface area contributed by atoms with Crippen molar-refractivity contribution in [2.75, 3.05) is 7.11 Å². The molecular weight excluding hydrogens is 191 g/mol. The summed E-state index contributed by atoms with van der Waals surface area (Å²) >= 11 is 0. The third kappa shape index (κ3) is 2.15. The molecule has 0 aromatic heterocycles. The Bertz CT molecular complexity index is 431. The van der Waals surface area contributed by atoms with Gasteiger partial charge in [0.1, 0.15) is 11.6 Å². The van der Waals surface area contributed by atoms with Gasteiger partial charge in [0.15, 0.2) is 0 Å². The Morgan fingerprint density at radius 1 is 0.800 bits per heavy atom. The van der Waals surface area contributed by atoms with E-state index in [9.17, 15) is 4.39 Å². The van der Waals surface area contributed by atoms with Gasteiger partial charge in [0.05, 0.1) is 7.11 Å². The van der Waals surface area contributed by atoms with Crippen molar-refractivity contribution in [2.24, 2.45) is 0 Å². The summed E-state index contributed by atoms with van der Waals surface area (Å²) in [5, 5.41) is 0. The minimum Gasteiger partial charge on any atom is -0.497 e. The molecule has 15 heavy (non-hydrogen) atoms. The maximum Gasteiger partial charge on any atom is 0.123 e. The van der Waals surface area contributed by atoms with Crippen molar-refractivity contribution in [2.45, 2.75) is 0 Å². The first-order valence-electron chi connectivity index (χ1n) is 4.69. The lowest BCUT2D eigenvalue weighted by Gasteiger charge is -2.03. The Morgan fingerprint density at radius 3 is 1.73 bits per heavy atom. The van der Waals surface area contributed by atoms with E-state index in [1.165, 1.54) is 12.1 Å². The third-order valence-electron chi connectivity index (χ3n) is 2.27. The first-order chi connectivity index (χ1) is 7.29. The van der Waals surface area contributed by atoms with Crippen LogP contribution in [0.5, 0.6) is 5.75 Å². The molecule has 0 bridgehead atoms. The Labute approximate surface area is 88.1 Å². The van der Waals surface area contributed by atoms with Crippen molar-refractivity contribution in [3.05, 3.63) is 54.3 Å². The van der Waals surface area contributed by atoms with E-state index in [4.69, 9.17) is 4.74 Å². The van der Waals surface area contributed by atoms with Gasteiger partial charge < -0.3 is 4.74 Å². The molecule has 0 spiro atoms. The zero-order chi connectivity index (χ0) is 10.7. The first kappa shape index (κ1) is 9.71. The minimum atomic E-state index is -0.215. The molecule has 0 amide bonds. The number of hydrogen-bond acceptors (Lipinski definition) is 1. The van der Waals surface area contributed by atoms with Crippen LogP contribution in [0, 0.1) is 5.82 Å². The number of hydrogen-bond donors (Lipinski definition) is 0. The highest BCUT2D eigenvalue weighted by Crippen LogP contribution is 2.22. The summed E-state index contributed by atoms with van der Waals surface area (Å²) in [7, 11) is 1.63. The van der Waals surface area contributed by atoms with Gasteiger partial charge in [-0.3, -0.25) is 0 Å². The SMILES string of the molecule is COc1ccc(-c2ccc(F)cc2)cc1. The highest BCUT2D eigenvalue weighted by atomic mass is 19.1. The zero-order valence-electron chi connectivity index (χ0n) is 8.41. The number of ether oxygens (including phenoxy) is 1. The van der Waals surface area contributed by atoms with Crippen molar-refractivity contribution in [1.29, 1.82) is 0 Å². The summed E-state index contributed by atoms with van der Waals surface area (Å²) < 4.78 is 17.8. The second-order valence-electron chi connectivity index (χ2n) is 3.24. The average molecular weight is 202 g/mol. The van der Waals surface area contributed by atoms with E-state index in [-0.39, 0.29) is 5.82 Å². The van der Waals surface area contributed by atoms with Crippen LogP contribution >= 0.6 is 0 Å². The molecule has 2 aromatic rings. The summed E-state index contributed by atoms with van der Waals surface area (Å²) in [4.78, 5) is 0. The molecule has 0 saturated heterocycles. The van der Waals surface area contributed by atoms with Gasteiger partial charge in [0.2, 0.25) is 0 Å². The van der Waals surface area contributed by atoms with Gasteiger partial charge in [-0.25, -0.2) is 4.39 Å². The van der Waals surface area contributed by atoms with Crippen molar-refractivity contribution < 1.29 is 9.13 Å². The van der Waals surface area contributed by atoms with Crippen LogP contribution in [0.1, 0.15) is 0 Å². The lowest BCUT2D eigenvalue weighted by atomic mass is 10.1. The van der Waals surface area contributed by atoms with E-state index in [1.807, 2.05) is 24.3 Å². The molecule has 0 aliphatic heterocycles. The highest BCUT2D eigenvalue weighted by Gasteiger charge is 1.98. The minimum absolute atomic E-state index is 0.215. The molecule has 2 aromatic carbocycles. The van der Waals surface area contributed by atoms with Gasteiger partial charge in [-0.15, -0.1) is 0 Å². The lowest BCUT2D eigenvalue weighted by Crippen LogP contribution is -1.82. The first-order valence-corrected chi connectivity index (χ1v) is 4.69. The Kier molecular flexibility index (Phi) is 2.68. The second kappa shape index (κ2) is 4.13. The van der Waals surface area contributed by atoms with Crippen LogP contribution in [0.25, 0.3) is 11.1 Å². The monoisotopic (exact) mass is 202 g/mol. The van der Waals surface area contributed by atoms with Gasteiger partial charge >= 0.3 is 0 Å². The maximum absolute atomic E-state index is 12.7. The molecule has 2 heteroatoms. The normalized spacial score (nSPS) is 10.0. The number of halogens is 1. The molecule has 0 N–H and O–H groups in total. The van der Waals surface area contributed by atoms with Crippen molar-refractivity contribution in [3.63, 3.8) is 0 Å². The van der Waals surface area contributed by atoms with E-state index in [0.717, 1.165) is 16.9 Å². The van der Waals surface area contributed by atoms with E-state index in [0.29, 0.717) is 0 Å². The van der Waals surface area contributed by atoms with Gasteiger partial charge in [-0.2, -0.15) is 0 Å². The molecule has 0 heterocycles. The molecule has 0 unspecified atom stereocenters. The van der Waals surface area contributed by atoms with Crippen LogP contribution in [-0.4, -0.2) is 7.11 Å². The molecule has 0 fully saturated rings. The molecule has 1 nitrogen and oxygen atoms in total. The molecule has 0 radical (unpaired) electrons. The van der Waals surface area contributed by atoms with E-state index < -0.39 is 0 Å². The van der Waals surface area contributed by atoms with Crippen LogP contribution in [-0.2, 0) is 0 Å². The van der Waals surface area contributed by atoms with Crippen LogP contribution in [0.15, 0.2) is 48.5 Å². The Balaban J connectivity index is 2.33. The molecule has 0 saturated carbocycles. The summed E-state index contributed by atoms with van der Waals surface area (Å²) in [5.41, 5.74) is 2.05. The van der Waals surface area contributed by atoms with Crippen LogP contribution in [0.4, 0.5) is 4.39 Å². The fraction of sp³-hybridized carbons (Fsp3) is 0.0769. The van der Waals surface area contributed by atoms with E-state index in [1.54, 1.807) is 19.2 Å². The van der Waals surface area contributed by atoms with Gasteiger partial charge in [0.25, 0.3) is 0 Å². The van der Waals surface area contributed by atoms with Crippen LogP contribution in [0.3, 0.4) is 0 Å². The smallest absolute Gasteiger partial charge is 0.123 e. The summed E-state index contributed by atoms with van der Waals surface area (Å²) in [5.74, 6) is 0.605. The predicted octanol–water partition coefficient (Wildman–Crippen LogP) is 3.50. The quantitative estimate of drug-likeness (QED) is 0.724. The molecule has 76 valence electrons. The topological polar surface area (TPSA) is 9.23 Å². The standard InChI is InChI=1S/C13H11FO/c1-15-13-8-4-11(5-9-13)10-2-6-12(14)7-3-10/h2-9H,1H3. The average Bonchev–Trinajstić information content (AvgIpc) is 2.30. The summed E-state index contributed by atoms with van der Waals surface area (Å²) in [6.07, 6.45) is 0. The molecule has 0 aliphatic rings. The molecule has 0 aliphatic carbocycles. The van der Waals surface area contributed by atoms with Gasteiger partial charge in [-0.1, -0.05) is 24.3 Å². The van der Waals surface area contributed by atoms with Crippen molar-refractivity contribution in [3.8, 4) is 16.9 Å². The fourth-order valence-corrected chi connectivity index (χ4v) is 1.43. The molecular formula is C13H11FO. The molecule has 0 atom stereocenters. The Hall–Kier alpha value is -1.83. The van der Waals surface area contributed by atoms with Crippen molar-refractivity contribution in [1.82, 2.24) is 0 Å². The third-order valence-corrected chi connectivity index (χ3v) is 2.27. The predicted molar refractivity (Wildman–Crippen MR) is 58.4 cm³/mol. The van der Waals surface area contributed by atoms with E-state index in [2.05, 4.69) is 0 Å². The summed E-state index contributed by atoms with van der Waals surface area (Å²) in [6, 6.07) is 14.1. The number of benzene rings is 2. The number of rotatable bonds is 2. The van der Waals surface area contributed by atoms with Gasteiger partial charge in [0, 0.05) is 0 Å². The van der Waals surface area contributed by atoms with Crippen molar-refractivity contribution >= 4 is 0 Å². The number of methoxy groups -OCH3 is 1. The fourth-order valence-electron chi connectivity index (χ4n) is 1.43.